The van der Waals surface area contributed by atoms with Crippen LogP contribution in [0, 0.1) is 0 Å². The number of benzene rings is 1. The van der Waals surface area contributed by atoms with E-state index in [0.29, 0.717) is 30.6 Å². The van der Waals surface area contributed by atoms with Gasteiger partial charge in [0.25, 0.3) is 0 Å². The summed E-state index contributed by atoms with van der Waals surface area (Å²) in [6.45, 7) is 2.53. The Labute approximate surface area is 158 Å². The average Bonchev–Trinajstić information content (AvgIpc) is 3.29. The van der Waals surface area contributed by atoms with E-state index in [2.05, 4.69) is 16.3 Å². The molecule has 1 aromatic heterocycles. The summed E-state index contributed by atoms with van der Waals surface area (Å²) in [6.07, 6.45) is 2.13. The second-order valence-corrected chi connectivity index (χ2v) is 6.88. The van der Waals surface area contributed by atoms with E-state index in [1.54, 1.807) is 13.2 Å². The van der Waals surface area contributed by atoms with Crippen LogP contribution in [-0.4, -0.2) is 54.4 Å². The van der Waals surface area contributed by atoms with Crippen molar-refractivity contribution in [1.82, 2.24) is 15.1 Å². The third kappa shape index (κ3) is 4.99. The molecule has 0 saturated carbocycles. The molecule has 26 heavy (non-hydrogen) atoms. The molecule has 1 atom stereocenters. The Balaban J connectivity index is 1.46. The van der Waals surface area contributed by atoms with Crippen molar-refractivity contribution in [1.29, 1.82) is 0 Å². The lowest BCUT2D eigenvalue weighted by molar-refractivity contribution is -0.131. The number of nitrogens with zero attached hydrogens (tertiary/aromatic N) is 2. The number of methoxy groups -OCH3 is 1. The van der Waals surface area contributed by atoms with Crippen molar-refractivity contribution >= 4 is 17.5 Å². The van der Waals surface area contributed by atoms with E-state index in [9.17, 15) is 4.79 Å². The van der Waals surface area contributed by atoms with Crippen molar-refractivity contribution in [3.63, 3.8) is 0 Å². The number of carbonyl (C=O) groups excluding carboxylic acids is 1. The largest absolute Gasteiger partial charge is 0.493 e. The fourth-order valence-corrected chi connectivity index (χ4v) is 3.31. The van der Waals surface area contributed by atoms with Gasteiger partial charge in [0.15, 0.2) is 0 Å². The van der Waals surface area contributed by atoms with Gasteiger partial charge in [-0.3, -0.25) is 9.89 Å². The highest BCUT2D eigenvalue weighted by atomic mass is 35.5. The lowest BCUT2D eigenvalue weighted by Crippen LogP contribution is -2.29. The first-order chi connectivity index (χ1) is 12.7. The molecule has 1 fully saturated rings. The second kappa shape index (κ2) is 9.05. The maximum Gasteiger partial charge on any atom is 0.224 e. The first kappa shape index (κ1) is 18.7. The molecule has 0 aliphatic carbocycles. The highest BCUT2D eigenvalue weighted by molar-refractivity contribution is 6.30. The third-order valence-corrected chi connectivity index (χ3v) is 4.80. The molecular weight excluding hydrogens is 354 g/mol. The molecule has 0 bridgehead atoms. The van der Waals surface area contributed by atoms with Gasteiger partial charge >= 0.3 is 0 Å². The van der Waals surface area contributed by atoms with Gasteiger partial charge in [-0.05, 0) is 30.7 Å². The third-order valence-electron chi connectivity index (χ3n) is 4.57. The molecule has 1 aliphatic heterocycles. The molecule has 140 valence electrons. The number of H-pyrrole nitrogens is 1. The zero-order valence-electron chi connectivity index (χ0n) is 14.9. The molecule has 6 nitrogen and oxygen atoms in total. The Bertz CT molecular complexity index is 734. The Hall–Kier alpha value is -2.05. The lowest BCUT2D eigenvalue weighted by Gasteiger charge is -2.15. The summed E-state index contributed by atoms with van der Waals surface area (Å²) < 4.78 is 10.7. The molecule has 2 heterocycles. The number of carbonyl (C=O) groups is 1. The normalized spacial score (nSPS) is 16.8. The van der Waals surface area contributed by atoms with Crippen LogP contribution >= 0.6 is 11.6 Å². The van der Waals surface area contributed by atoms with Gasteiger partial charge in [-0.25, -0.2) is 0 Å². The van der Waals surface area contributed by atoms with Crippen molar-refractivity contribution in [3.05, 3.63) is 46.7 Å². The summed E-state index contributed by atoms with van der Waals surface area (Å²) in [5, 5.41) is 8.17. The molecule has 0 spiro atoms. The number of hydrogen-bond donors (Lipinski definition) is 1. The van der Waals surface area contributed by atoms with Crippen molar-refractivity contribution < 1.29 is 14.3 Å². The minimum Gasteiger partial charge on any atom is -0.493 e. The number of ether oxygens (including phenoxy) is 2. The number of nitrogens with one attached hydrogen (secondary N) is 1. The summed E-state index contributed by atoms with van der Waals surface area (Å²) >= 11 is 5.95. The molecule has 0 radical (unpaired) electrons. The summed E-state index contributed by atoms with van der Waals surface area (Å²) in [5.41, 5.74) is 2.05. The SMILES string of the molecule is COCCC(=O)N1CCC(c2cc(CCOc3cccc(Cl)c3)[nH]n2)C1. The Morgan fingerprint density at radius 2 is 2.27 bits per heavy atom. The van der Waals surface area contributed by atoms with Crippen LogP contribution in [0.2, 0.25) is 5.02 Å². The minimum atomic E-state index is 0.153. The summed E-state index contributed by atoms with van der Waals surface area (Å²) in [5.74, 6) is 1.21. The van der Waals surface area contributed by atoms with Crippen LogP contribution < -0.4 is 4.74 Å². The van der Waals surface area contributed by atoms with E-state index >= 15 is 0 Å². The molecule has 7 heteroatoms. The maximum absolute atomic E-state index is 12.1. The number of aromatic nitrogens is 2. The molecule has 1 aromatic carbocycles. The first-order valence-corrected chi connectivity index (χ1v) is 9.23. The van der Waals surface area contributed by atoms with Crippen LogP contribution in [0.15, 0.2) is 30.3 Å². The molecule has 1 saturated heterocycles. The Kier molecular flexibility index (Phi) is 6.52. The quantitative estimate of drug-likeness (QED) is 0.767. The van der Waals surface area contributed by atoms with Crippen LogP contribution in [0.5, 0.6) is 5.75 Å². The van der Waals surface area contributed by atoms with Crippen molar-refractivity contribution in [2.45, 2.75) is 25.2 Å². The second-order valence-electron chi connectivity index (χ2n) is 6.44. The van der Waals surface area contributed by atoms with Crippen LogP contribution in [0.4, 0.5) is 0 Å². The maximum atomic E-state index is 12.1. The molecule has 1 amide bonds. The van der Waals surface area contributed by atoms with Crippen LogP contribution in [0.25, 0.3) is 0 Å². The van der Waals surface area contributed by atoms with Gasteiger partial charge in [-0.1, -0.05) is 17.7 Å². The Morgan fingerprint density at radius 1 is 1.38 bits per heavy atom. The number of halogens is 1. The van der Waals surface area contributed by atoms with Gasteiger partial charge in [0.05, 0.1) is 25.3 Å². The lowest BCUT2D eigenvalue weighted by atomic mass is 10.0. The summed E-state index contributed by atoms with van der Waals surface area (Å²) in [4.78, 5) is 14.0. The fraction of sp³-hybridized carbons (Fsp3) is 0.474. The van der Waals surface area contributed by atoms with E-state index in [-0.39, 0.29) is 5.91 Å². The standard InChI is InChI=1S/C19H24ClN3O3/c1-25-9-7-19(24)23-8-5-14(13-23)18-12-16(21-22-18)6-10-26-17-4-2-3-15(20)11-17/h2-4,11-12,14H,5-10,13H2,1H3,(H,21,22). The minimum absolute atomic E-state index is 0.153. The first-order valence-electron chi connectivity index (χ1n) is 8.85. The van der Waals surface area contributed by atoms with Crippen LogP contribution in [-0.2, 0) is 16.0 Å². The number of aromatic amines is 1. The summed E-state index contributed by atoms with van der Waals surface area (Å²) in [7, 11) is 1.61. The number of likely N-dealkylation sites (tertiary alicyclic amines) is 1. The molecule has 1 N–H and O–H groups in total. The zero-order valence-corrected chi connectivity index (χ0v) is 15.7. The van der Waals surface area contributed by atoms with E-state index in [1.165, 1.54) is 0 Å². The van der Waals surface area contributed by atoms with Crippen molar-refractivity contribution in [3.8, 4) is 5.75 Å². The van der Waals surface area contributed by atoms with Gasteiger partial charge in [0, 0.05) is 43.3 Å². The molecule has 1 unspecified atom stereocenters. The monoisotopic (exact) mass is 377 g/mol. The molecule has 1 aliphatic rings. The van der Waals surface area contributed by atoms with Gasteiger partial charge in [0.2, 0.25) is 5.91 Å². The molecular formula is C19H24ClN3O3. The predicted octanol–water partition coefficient (Wildman–Crippen LogP) is 3.04. The topological polar surface area (TPSA) is 67.4 Å². The fourth-order valence-electron chi connectivity index (χ4n) is 3.13. The molecule has 3 rings (SSSR count). The number of hydrogen-bond acceptors (Lipinski definition) is 4. The van der Waals surface area contributed by atoms with Crippen LogP contribution in [0.3, 0.4) is 0 Å². The smallest absolute Gasteiger partial charge is 0.224 e. The molecule has 2 aromatic rings. The van der Waals surface area contributed by atoms with E-state index in [1.807, 2.05) is 23.1 Å². The zero-order chi connectivity index (χ0) is 18.4. The average molecular weight is 378 g/mol. The van der Waals surface area contributed by atoms with Gasteiger partial charge in [-0.2, -0.15) is 5.10 Å². The van der Waals surface area contributed by atoms with E-state index < -0.39 is 0 Å². The number of rotatable bonds is 8. The van der Waals surface area contributed by atoms with Gasteiger partial charge in [-0.15, -0.1) is 0 Å². The highest BCUT2D eigenvalue weighted by Crippen LogP contribution is 2.26. The Morgan fingerprint density at radius 3 is 3.08 bits per heavy atom. The van der Waals surface area contributed by atoms with Crippen molar-refractivity contribution in [2.75, 3.05) is 33.4 Å². The van der Waals surface area contributed by atoms with Crippen LogP contribution in [0.1, 0.15) is 30.1 Å². The number of amides is 1. The summed E-state index contributed by atoms with van der Waals surface area (Å²) in [6, 6.07) is 9.45. The predicted molar refractivity (Wildman–Crippen MR) is 99.7 cm³/mol. The van der Waals surface area contributed by atoms with Crippen molar-refractivity contribution in [2.24, 2.45) is 0 Å². The van der Waals surface area contributed by atoms with Gasteiger partial charge in [0.1, 0.15) is 5.75 Å². The van der Waals surface area contributed by atoms with Gasteiger partial charge < -0.3 is 14.4 Å². The van der Waals surface area contributed by atoms with E-state index in [0.717, 1.165) is 43.1 Å². The highest BCUT2D eigenvalue weighted by Gasteiger charge is 2.28. The van der Waals surface area contributed by atoms with E-state index in [4.69, 9.17) is 21.1 Å².